The molecule has 2 heteroatoms. The van der Waals surface area contributed by atoms with Gasteiger partial charge >= 0.3 is 0 Å². The summed E-state index contributed by atoms with van der Waals surface area (Å²) in [4.78, 5) is 11.8. The second kappa shape index (κ2) is 5.78. The highest BCUT2D eigenvalue weighted by Crippen LogP contribution is 2.10. The lowest BCUT2D eigenvalue weighted by atomic mass is 10.0. The van der Waals surface area contributed by atoms with E-state index in [-0.39, 0.29) is 5.78 Å². The number of carbonyl (C=O) groups excluding carboxylic acids is 1. The molecule has 0 bridgehead atoms. The van der Waals surface area contributed by atoms with Gasteiger partial charge in [-0.25, -0.2) is 0 Å². The predicted molar refractivity (Wildman–Crippen MR) is 72.6 cm³/mol. The topological polar surface area (TPSA) is 17.1 Å². The number of rotatable bonds is 5. The van der Waals surface area contributed by atoms with Crippen molar-refractivity contribution >= 4 is 17.1 Å². The molecule has 1 heterocycles. The summed E-state index contributed by atoms with van der Waals surface area (Å²) in [6.07, 6.45) is 2.14. The van der Waals surface area contributed by atoms with Crippen molar-refractivity contribution < 1.29 is 4.79 Å². The summed E-state index contributed by atoms with van der Waals surface area (Å²) in [6.45, 7) is 2.14. The van der Waals surface area contributed by atoms with Crippen molar-refractivity contribution in [3.05, 3.63) is 57.8 Å². The van der Waals surface area contributed by atoms with Gasteiger partial charge in [0.25, 0.3) is 0 Å². The van der Waals surface area contributed by atoms with Gasteiger partial charge in [0.2, 0.25) is 0 Å². The van der Waals surface area contributed by atoms with E-state index in [1.54, 1.807) is 11.3 Å². The van der Waals surface area contributed by atoms with E-state index in [0.29, 0.717) is 12.8 Å². The third-order valence-corrected chi connectivity index (χ3v) is 3.55. The third kappa shape index (κ3) is 3.53. The highest BCUT2D eigenvalue weighted by molar-refractivity contribution is 7.07. The van der Waals surface area contributed by atoms with Crippen molar-refractivity contribution in [2.24, 2.45) is 0 Å². The molecule has 0 aliphatic carbocycles. The Hall–Kier alpha value is -1.41. The molecule has 0 saturated heterocycles. The zero-order valence-electron chi connectivity index (χ0n) is 9.98. The van der Waals surface area contributed by atoms with Crippen LogP contribution in [0.1, 0.15) is 23.6 Å². The number of aryl methyl sites for hydroxylation is 1. The minimum atomic E-state index is 0.285. The van der Waals surface area contributed by atoms with Crippen LogP contribution in [-0.4, -0.2) is 5.78 Å². The Morgan fingerprint density at radius 1 is 1.00 bits per heavy atom. The molecule has 17 heavy (non-hydrogen) atoms. The smallest absolute Gasteiger partial charge is 0.141 e. The van der Waals surface area contributed by atoms with Crippen molar-refractivity contribution in [2.45, 2.75) is 26.2 Å². The molecule has 0 fully saturated rings. The normalized spacial score (nSPS) is 10.4. The van der Waals surface area contributed by atoms with Crippen LogP contribution in [0.15, 0.2) is 41.1 Å². The summed E-state index contributed by atoms with van der Waals surface area (Å²) in [6, 6.07) is 10.3. The zero-order valence-corrected chi connectivity index (χ0v) is 10.8. The van der Waals surface area contributed by atoms with Crippen molar-refractivity contribution in [3.63, 3.8) is 0 Å². The molecule has 0 unspecified atom stereocenters. The Balaban J connectivity index is 1.93. The Kier molecular flexibility index (Phi) is 4.10. The molecule has 1 nitrogen and oxygen atoms in total. The van der Waals surface area contributed by atoms with Gasteiger partial charge < -0.3 is 0 Å². The van der Waals surface area contributed by atoms with E-state index in [0.717, 1.165) is 17.5 Å². The van der Waals surface area contributed by atoms with Gasteiger partial charge in [-0.05, 0) is 39.9 Å². The summed E-state index contributed by atoms with van der Waals surface area (Å²) in [5.41, 5.74) is 3.56. The average Bonchev–Trinajstić information content (AvgIpc) is 2.82. The minimum Gasteiger partial charge on any atom is -0.299 e. The van der Waals surface area contributed by atoms with Crippen molar-refractivity contribution in [3.8, 4) is 0 Å². The van der Waals surface area contributed by atoms with Crippen LogP contribution in [0.5, 0.6) is 0 Å². The van der Waals surface area contributed by atoms with E-state index in [4.69, 9.17) is 0 Å². The average molecular weight is 244 g/mol. The summed E-state index contributed by atoms with van der Waals surface area (Å²) in [5.74, 6) is 0.285. The van der Waals surface area contributed by atoms with Crippen molar-refractivity contribution in [1.82, 2.24) is 0 Å². The van der Waals surface area contributed by atoms with Crippen LogP contribution in [0, 0.1) is 0 Å². The van der Waals surface area contributed by atoms with Crippen LogP contribution >= 0.6 is 11.3 Å². The maximum atomic E-state index is 11.8. The van der Waals surface area contributed by atoms with E-state index in [1.165, 1.54) is 5.56 Å². The molecular formula is C15H16OS. The molecule has 0 spiro atoms. The van der Waals surface area contributed by atoms with E-state index in [2.05, 4.69) is 31.2 Å². The van der Waals surface area contributed by atoms with Gasteiger partial charge in [-0.1, -0.05) is 31.2 Å². The van der Waals surface area contributed by atoms with Gasteiger partial charge in [-0.3, -0.25) is 4.79 Å². The molecule has 0 aliphatic rings. The maximum absolute atomic E-state index is 11.8. The summed E-state index contributed by atoms with van der Waals surface area (Å²) >= 11 is 1.64. The highest BCUT2D eigenvalue weighted by Gasteiger charge is 2.05. The maximum Gasteiger partial charge on any atom is 0.141 e. The molecule has 1 aromatic heterocycles. The van der Waals surface area contributed by atoms with Gasteiger partial charge in [0.05, 0.1) is 0 Å². The van der Waals surface area contributed by atoms with E-state index in [1.807, 2.05) is 16.8 Å². The largest absolute Gasteiger partial charge is 0.299 e. The third-order valence-electron chi connectivity index (χ3n) is 2.81. The van der Waals surface area contributed by atoms with Crippen molar-refractivity contribution in [2.75, 3.05) is 0 Å². The SMILES string of the molecule is CCc1ccc(CC(=O)Cc2ccsc2)cc1. The molecule has 0 amide bonds. The van der Waals surface area contributed by atoms with Gasteiger partial charge in [0, 0.05) is 12.8 Å². The number of thiophene rings is 1. The first-order valence-electron chi connectivity index (χ1n) is 5.88. The lowest BCUT2D eigenvalue weighted by Crippen LogP contribution is -2.05. The number of Topliss-reactive ketones (excluding diaryl/α,β-unsaturated/α-hetero) is 1. The molecule has 2 aromatic rings. The van der Waals surface area contributed by atoms with Gasteiger partial charge in [0.15, 0.2) is 0 Å². The van der Waals surface area contributed by atoms with Gasteiger partial charge in [-0.15, -0.1) is 0 Å². The Morgan fingerprint density at radius 2 is 1.65 bits per heavy atom. The van der Waals surface area contributed by atoms with Crippen LogP contribution < -0.4 is 0 Å². The van der Waals surface area contributed by atoms with Crippen LogP contribution in [0.4, 0.5) is 0 Å². The zero-order chi connectivity index (χ0) is 12.1. The first-order valence-corrected chi connectivity index (χ1v) is 6.83. The first kappa shape index (κ1) is 12.1. The molecule has 0 radical (unpaired) electrons. The number of carbonyl (C=O) groups is 1. The van der Waals surface area contributed by atoms with E-state index >= 15 is 0 Å². The summed E-state index contributed by atoms with van der Waals surface area (Å²) in [5, 5.41) is 4.05. The summed E-state index contributed by atoms with van der Waals surface area (Å²) in [7, 11) is 0. The Bertz CT molecular complexity index is 468. The minimum absolute atomic E-state index is 0.285. The van der Waals surface area contributed by atoms with E-state index < -0.39 is 0 Å². The summed E-state index contributed by atoms with van der Waals surface area (Å²) < 4.78 is 0. The van der Waals surface area contributed by atoms with Crippen LogP contribution in [0.2, 0.25) is 0 Å². The molecule has 88 valence electrons. The second-order valence-corrected chi connectivity index (χ2v) is 4.97. The molecule has 2 rings (SSSR count). The van der Waals surface area contributed by atoms with Gasteiger partial charge in [0.1, 0.15) is 5.78 Å². The standard InChI is InChI=1S/C15H16OS/c1-2-12-3-5-13(6-4-12)9-15(16)10-14-7-8-17-11-14/h3-8,11H,2,9-10H2,1H3. The Labute approximate surface area is 106 Å². The van der Waals surface area contributed by atoms with Gasteiger partial charge in [-0.2, -0.15) is 11.3 Å². The molecular weight excluding hydrogens is 228 g/mol. The molecule has 1 aromatic carbocycles. The quantitative estimate of drug-likeness (QED) is 0.784. The van der Waals surface area contributed by atoms with Crippen LogP contribution in [0.25, 0.3) is 0 Å². The Morgan fingerprint density at radius 3 is 2.24 bits per heavy atom. The van der Waals surface area contributed by atoms with Crippen LogP contribution in [-0.2, 0) is 24.1 Å². The number of hydrogen-bond acceptors (Lipinski definition) is 2. The van der Waals surface area contributed by atoms with Crippen LogP contribution in [0.3, 0.4) is 0 Å². The number of ketones is 1. The fourth-order valence-corrected chi connectivity index (χ4v) is 2.47. The molecule has 0 aliphatic heterocycles. The lowest BCUT2D eigenvalue weighted by Gasteiger charge is -2.02. The van der Waals surface area contributed by atoms with Crippen molar-refractivity contribution in [1.29, 1.82) is 0 Å². The number of benzene rings is 1. The monoisotopic (exact) mass is 244 g/mol. The predicted octanol–water partition coefficient (Wildman–Crippen LogP) is 3.66. The lowest BCUT2D eigenvalue weighted by molar-refractivity contribution is -0.117. The molecule has 0 atom stereocenters. The second-order valence-electron chi connectivity index (χ2n) is 4.19. The highest BCUT2D eigenvalue weighted by atomic mass is 32.1. The number of hydrogen-bond donors (Lipinski definition) is 0. The van der Waals surface area contributed by atoms with E-state index in [9.17, 15) is 4.79 Å². The fraction of sp³-hybridized carbons (Fsp3) is 0.267. The fourth-order valence-electron chi connectivity index (χ4n) is 1.80. The molecule has 0 N–H and O–H groups in total. The molecule has 0 saturated carbocycles. The first-order chi connectivity index (χ1) is 8.28.